The van der Waals surface area contributed by atoms with Crippen molar-refractivity contribution in [2.24, 2.45) is 0 Å². The normalized spacial score (nSPS) is 10.3. The highest BCUT2D eigenvalue weighted by Crippen LogP contribution is 2.46. The number of amides is 1. The fourth-order valence-corrected chi connectivity index (χ4v) is 2.43. The minimum atomic E-state index is -0.664. The third-order valence-electron chi connectivity index (χ3n) is 3.70. The van der Waals surface area contributed by atoms with Gasteiger partial charge in [-0.15, -0.1) is 0 Å². The molecule has 27 heavy (non-hydrogen) atoms. The molecular formula is C20H17NO6. The number of methoxy groups -OCH3 is 1. The molecule has 138 valence electrons. The first-order chi connectivity index (χ1) is 13.0. The topological polar surface area (TPSA) is 98.0 Å². The van der Waals surface area contributed by atoms with Crippen LogP contribution in [-0.4, -0.2) is 24.1 Å². The lowest BCUT2D eigenvalue weighted by Gasteiger charge is -2.04. The highest BCUT2D eigenvalue weighted by atomic mass is 16.6. The summed E-state index contributed by atoms with van der Waals surface area (Å²) in [7, 11) is 1.54. The molecule has 0 aliphatic heterocycles. The summed E-state index contributed by atoms with van der Waals surface area (Å²) < 4.78 is 15.7. The summed E-state index contributed by atoms with van der Waals surface area (Å²) in [5, 5.41) is 13.0. The number of furan rings is 1. The van der Waals surface area contributed by atoms with Crippen LogP contribution in [0.1, 0.15) is 17.3 Å². The van der Waals surface area contributed by atoms with E-state index in [1.165, 1.54) is 14.0 Å². The fourth-order valence-electron chi connectivity index (χ4n) is 2.43. The Morgan fingerprint density at radius 3 is 2.30 bits per heavy atom. The number of nitrogens with one attached hydrogen (secondary N) is 1. The van der Waals surface area contributed by atoms with Gasteiger partial charge in [-0.1, -0.05) is 18.2 Å². The van der Waals surface area contributed by atoms with Gasteiger partial charge in [0, 0.05) is 18.1 Å². The summed E-state index contributed by atoms with van der Waals surface area (Å²) in [6.07, 6.45) is 0. The Morgan fingerprint density at radius 1 is 1.04 bits per heavy atom. The third kappa shape index (κ3) is 3.92. The number of carbonyl (C=O) groups excluding carboxylic acids is 2. The van der Waals surface area contributed by atoms with Crippen LogP contribution >= 0.6 is 0 Å². The average Bonchev–Trinajstić information content (AvgIpc) is 2.98. The summed E-state index contributed by atoms with van der Waals surface area (Å²) >= 11 is 0. The highest BCUT2D eigenvalue weighted by Gasteiger charge is 2.25. The Morgan fingerprint density at radius 2 is 1.70 bits per heavy atom. The molecule has 3 aromatic rings. The van der Waals surface area contributed by atoms with Gasteiger partial charge < -0.3 is 19.0 Å². The number of esters is 1. The number of benzene rings is 2. The van der Waals surface area contributed by atoms with Gasteiger partial charge in [0.2, 0.25) is 17.4 Å². The van der Waals surface area contributed by atoms with Crippen LogP contribution in [0.25, 0.3) is 11.3 Å². The van der Waals surface area contributed by atoms with Crippen molar-refractivity contribution in [2.75, 3.05) is 12.4 Å². The molecule has 7 nitrogen and oxygen atoms in total. The molecular weight excluding hydrogens is 350 g/mol. The first kappa shape index (κ1) is 18.1. The van der Waals surface area contributed by atoms with Crippen molar-refractivity contribution >= 4 is 17.8 Å². The van der Waals surface area contributed by atoms with Crippen molar-refractivity contribution in [3.63, 3.8) is 0 Å². The molecule has 0 spiro atoms. The van der Waals surface area contributed by atoms with Crippen LogP contribution < -0.4 is 14.8 Å². The van der Waals surface area contributed by atoms with E-state index in [2.05, 4.69) is 5.32 Å². The van der Waals surface area contributed by atoms with Crippen molar-refractivity contribution in [1.82, 2.24) is 0 Å². The van der Waals surface area contributed by atoms with E-state index in [1.54, 1.807) is 54.6 Å². The Balaban J connectivity index is 1.99. The summed E-state index contributed by atoms with van der Waals surface area (Å²) in [6.45, 7) is 1.18. The number of rotatable bonds is 5. The quantitative estimate of drug-likeness (QED) is 0.665. The largest absolute Gasteiger partial charge is 0.502 e. The first-order valence-electron chi connectivity index (χ1n) is 8.04. The van der Waals surface area contributed by atoms with Crippen molar-refractivity contribution < 1.29 is 28.6 Å². The Bertz CT molecular complexity index is 960. The summed E-state index contributed by atoms with van der Waals surface area (Å²) in [5.41, 5.74) is 0.898. The van der Waals surface area contributed by atoms with Crippen LogP contribution in [0.3, 0.4) is 0 Å². The molecule has 0 saturated heterocycles. The second-order valence-corrected chi connectivity index (χ2v) is 5.58. The smallest absolute Gasteiger partial charge is 0.308 e. The maximum atomic E-state index is 12.4. The van der Waals surface area contributed by atoms with E-state index in [0.29, 0.717) is 16.9 Å². The predicted octanol–water partition coefficient (Wildman–Crippen LogP) is 3.84. The number of hydrogen-bond acceptors (Lipinski definition) is 6. The lowest BCUT2D eigenvalue weighted by atomic mass is 10.1. The SMILES string of the molecule is COc1ccc(-c2oc(NC(=O)c3ccccc3)c(OC(C)=O)c2O)cc1. The van der Waals surface area contributed by atoms with Crippen LogP contribution in [0.5, 0.6) is 17.2 Å². The predicted molar refractivity (Wildman–Crippen MR) is 98.1 cm³/mol. The molecule has 0 aliphatic carbocycles. The standard InChI is InChI=1S/C20H17NO6/c1-12(22)26-18-16(23)17(13-8-10-15(25-2)11-9-13)27-20(18)21-19(24)14-6-4-3-5-7-14/h3-11,23H,1-2H3,(H,21,24). The summed E-state index contributed by atoms with van der Waals surface area (Å²) in [4.78, 5) is 23.8. The molecule has 0 aliphatic rings. The lowest BCUT2D eigenvalue weighted by molar-refractivity contribution is -0.132. The van der Waals surface area contributed by atoms with E-state index in [1.807, 2.05) is 0 Å². The molecule has 1 heterocycles. The maximum Gasteiger partial charge on any atom is 0.308 e. The van der Waals surface area contributed by atoms with E-state index in [4.69, 9.17) is 13.9 Å². The monoisotopic (exact) mass is 367 g/mol. The van der Waals surface area contributed by atoms with Crippen molar-refractivity contribution in [2.45, 2.75) is 6.92 Å². The van der Waals surface area contributed by atoms with Crippen LogP contribution in [0.15, 0.2) is 59.0 Å². The number of aromatic hydroxyl groups is 1. The van der Waals surface area contributed by atoms with Gasteiger partial charge in [0.05, 0.1) is 7.11 Å². The zero-order chi connectivity index (χ0) is 19.4. The van der Waals surface area contributed by atoms with Crippen LogP contribution in [0.4, 0.5) is 5.88 Å². The molecule has 0 saturated carbocycles. The van der Waals surface area contributed by atoms with Gasteiger partial charge >= 0.3 is 5.97 Å². The molecule has 0 fully saturated rings. The van der Waals surface area contributed by atoms with Gasteiger partial charge in [0.1, 0.15) is 5.75 Å². The molecule has 0 atom stereocenters. The van der Waals surface area contributed by atoms with Gasteiger partial charge in [0.25, 0.3) is 5.91 Å². The van der Waals surface area contributed by atoms with E-state index in [9.17, 15) is 14.7 Å². The van der Waals surface area contributed by atoms with Crippen molar-refractivity contribution in [3.8, 4) is 28.6 Å². The average molecular weight is 367 g/mol. The molecule has 2 N–H and O–H groups in total. The molecule has 0 unspecified atom stereocenters. The Labute approximate surface area is 155 Å². The molecule has 0 radical (unpaired) electrons. The Hall–Kier alpha value is -3.74. The highest BCUT2D eigenvalue weighted by molar-refractivity contribution is 6.05. The molecule has 1 amide bonds. The second kappa shape index (κ2) is 7.65. The van der Waals surface area contributed by atoms with E-state index >= 15 is 0 Å². The third-order valence-corrected chi connectivity index (χ3v) is 3.70. The lowest BCUT2D eigenvalue weighted by Crippen LogP contribution is -2.12. The number of anilines is 1. The first-order valence-corrected chi connectivity index (χ1v) is 8.04. The summed E-state index contributed by atoms with van der Waals surface area (Å²) in [5.74, 6) is -1.26. The van der Waals surface area contributed by atoms with Gasteiger partial charge in [-0.05, 0) is 36.4 Å². The van der Waals surface area contributed by atoms with Crippen LogP contribution in [-0.2, 0) is 4.79 Å². The van der Waals surface area contributed by atoms with E-state index < -0.39 is 17.6 Å². The molecule has 3 rings (SSSR count). The van der Waals surface area contributed by atoms with Crippen LogP contribution in [0.2, 0.25) is 0 Å². The van der Waals surface area contributed by atoms with E-state index in [0.717, 1.165) is 0 Å². The van der Waals surface area contributed by atoms with Gasteiger partial charge in [0.15, 0.2) is 5.76 Å². The van der Waals surface area contributed by atoms with Crippen molar-refractivity contribution in [1.29, 1.82) is 0 Å². The zero-order valence-electron chi connectivity index (χ0n) is 14.7. The summed E-state index contributed by atoms with van der Waals surface area (Å²) in [6, 6.07) is 15.1. The molecule has 0 bridgehead atoms. The molecule has 1 aromatic heterocycles. The fraction of sp³-hybridized carbons (Fsp3) is 0.100. The minimum Gasteiger partial charge on any atom is -0.502 e. The Kier molecular flexibility index (Phi) is 5.12. The van der Waals surface area contributed by atoms with Crippen molar-refractivity contribution in [3.05, 3.63) is 60.2 Å². The van der Waals surface area contributed by atoms with Gasteiger partial charge in [-0.3, -0.25) is 14.9 Å². The van der Waals surface area contributed by atoms with E-state index in [-0.39, 0.29) is 17.4 Å². The number of ether oxygens (including phenoxy) is 2. The van der Waals surface area contributed by atoms with Gasteiger partial charge in [-0.2, -0.15) is 0 Å². The van der Waals surface area contributed by atoms with Crippen LogP contribution in [0, 0.1) is 0 Å². The second-order valence-electron chi connectivity index (χ2n) is 5.58. The molecule has 7 heteroatoms. The number of hydrogen-bond donors (Lipinski definition) is 2. The number of carbonyl (C=O) groups is 2. The zero-order valence-corrected chi connectivity index (χ0v) is 14.7. The van der Waals surface area contributed by atoms with Gasteiger partial charge in [-0.25, -0.2) is 0 Å². The minimum absolute atomic E-state index is 0.0530. The maximum absolute atomic E-state index is 12.4. The molecule has 2 aromatic carbocycles.